The minimum absolute atomic E-state index is 0. The highest BCUT2D eigenvalue weighted by molar-refractivity contribution is 9.10. The number of halogens is 3. The van der Waals surface area contributed by atoms with E-state index in [0.29, 0.717) is 17.1 Å². The van der Waals surface area contributed by atoms with E-state index >= 15 is 0 Å². The molecule has 2 aromatic carbocycles. The first-order valence-corrected chi connectivity index (χ1v) is 8.43. The van der Waals surface area contributed by atoms with Crippen LogP contribution in [0.1, 0.15) is 10.4 Å². The number of Topliss-reactive ketones (excluding diaryl/α,β-unsaturated/α-hetero) is 1. The maximum absolute atomic E-state index is 11.0. The predicted octanol–water partition coefficient (Wildman–Crippen LogP) is 5.04. The van der Waals surface area contributed by atoms with E-state index in [9.17, 15) is 4.79 Å². The van der Waals surface area contributed by atoms with Crippen molar-refractivity contribution < 1.29 is 14.6 Å². The zero-order chi connectivity index (χ0) is 17.2. The van der Waals surface area contributed by atoms with Gasteiger partial charge in [0, 0.05) is 8.95 Å². The third-order valence-electron chi connectivity index (χ3n) is 2.47. The number of ether oxygens (including phenoxy) is 1. The van der Waals surface area contributed by atoms with Crippen LogP contribution in [0.25, 0.3) is 0 Å². The van der Waals surface area contributed by atoms with Crippen LogP contribution in [0.3, 0.4) is 0 Å². The van der Waals surface area contributed by atoms with Crippen molar-refractivity contribution >= 4 is 62.7 Å². The molecule has 1 aliphatic heterocycles. The number of nitriles is 1. The molecule has 4 nitrogen and oxygen atoms in total. The molecule has 0 aliphatic carbocycles. The van der Waals surface area contributed by atoms with Crippen LogP contribution in [-0.4, -0.2) is 23.4 Å². The summed E-state index contributed by atoms with van der Waals surface area (Å²) in [6, 6.07) is 14.0. The monoisotopic (exact) mass is 493 g/mol. The van der Waals surface area contributed by atoms with Crippen molar-refractivity contribution in [3.63, 3.8) is 0 Å². The fraction of sp³-hybridized carbons (Fsp3) is 0.125. The second-order valence-electron chi connectivity index (χ2n) is 4.12. The Morgan fingerprint density at radius 2 is 1.83 bits per heavy atom. The first-order valence-electron chi connectivity index (χ1n) is 6.31. The second-order valence-corrected chi connectivity index (χ2v) is 6.22. The van der Waals surface area contributed by atoms with Gasteiger partial charge in [-0.3, -0.25) is 4.79 Å². The van der Waals surface area contributed by atoms with E-state index in [0.717, 1.165) is 8.95 Å². The molecule has 0 spiro atoms. The molecule has 3 rings (SSSR count). The molecule has 8 heteroatoms. The fourth-order valence-electron chi connectivity index (χ4n) is 1.54. The summed E-state index contributed by atoms with van der Waals surface area (Å²) in [6.45, 7) is 0.186. The lowest BCUT2D eigenvalue weighted by molar-refractivity contribution is 0.0961. The lowest BCUT2D eigenvalue weighted by Crippen LogP contribution is -1.98. The molecular formula is C16H14Br2ClNO3S. The molecule has 0 atom stereocenters. The summed E-state index contributed by atoms with van der Waals surface area (Å²) in [5.41, 5.74) is 0.688. The van der Waals surface area contributed by atoms with Crippen molar-refractivity contribution in [2.24, 2.45) is 0 Å². The van der Waals surface area contributed by atoms with Crippen molar-refractivity contribution in [3.05, 3.63) is 57.0 Å². The van der Waals surface area contributed by atoms with Gasteiger partial charge in [0.05, 0.1) is 11.6 Å². The molecule has 0 saturated carbocycles. The Hall–Kier alpha value is -1.20. The predicted molar refractivity (Wildman–Crippen MR) is 106 cm³/mol. The van der Waals surface area contributed by atoms with Crippen LogP contribution in [0.15, 0.2) is 51.4 Å². The lowest BCUT2D eigenvalue weighted by Gasteiger charge is -1.95. The Labute approximate surface area is 169 Å². The highest BCUT2D eigenvalue weighted by Gasteiger charge is 2.20. The van der Waals surface area contributed by atoms with Crippen LogP contribution < -0.4 is 4.74 Å². The van der Waals surface area contributed by atoms with Gasteiger partial charge in [0.1, 0.15) is 17.4 Å². The standard InChI is InChI=1S/C8H5BrO2.C6H5BrO.C2H2ClN.H2S/c9-5-1-2-6-7(10)4-11-8(6)3-5;7-5-2-1-3-6(8)4-5;3-1-2-4;/h1-3H,4H2;1-4,8H;1H2;1H2. The molecule has 0 radical (unpaired) electrons. The molecule has 1 aliphatic rings. The highest BCUT2D eigenvalue weighted by atomic mass is 79.9. The Kier molecular flexibility index (Phi) is 11.6. The molecule has 0 aromatic heterocycles. The van der Waals surface area contributed by atoms with E-state index in [4.69, 9.17) is 26.7 Å². The van der Waals surface area contributed by atoms with Gasteiger partial charge in [0.2, 0.25) is 5.78 Å². The fourth-order valence-corrected chi connectivity index (χ4v) is 2.27. The summed E-state index contributed by atoms with van der Waals surface area (Å²) in [5, 5.41) is 16.3. The number of carbonyl (C=O) groups is 1. The quantitative estimate of drug-likeness (QED) is 0.520. The normalized spacial score (nSPS) is 10.5. The van der Waals surface area contributed by atoms with Crippen LogP contribution >= 0.6 is 57.0 Å². The number of aromatic hydroxyl groups is 1. The average molecular weight is 496 g/mol. The minimum Gasteiger partial charge on any atom is -0.508 e. The third-order valence-corrected chi connectivity index (χ3v) is 3.58. The average Bonchev–Trinajstić information content (AvgIpc) is 2.88. The SMILES string of the molecule is N#CCCl.O=C1COc2cc(Br)ccc21.Oc1cccc(Br)c1.S. The number of benzene rings is 2. The summed E-state index contributed by atoms with van der Waals surface area (Å²) < 4.78 is 6.95. The van der Waals surface area contributed by atoms with Crippen molar-refractivity contribution in [3.8, 4) is 17.6 Å². The van der Waals surface area contributed by atoms with E-state index in [1.807, 2.05) is 12.1 Å². The van der Waals surface area contributed by atoms with Gasteiger partial charge in [0.25, 0.3) is 0 Å². The van der Waals surface area contributed by atoms with Gasteiger partial charge < -0.3 is 9.84 Å². The Morgan fingerprint density at radius 1 is 1.21 bits per heavy atom. The summed E-state index contributed by atoms with van der Waals surface area (Å²) in [4.78, 5) is 11.0. The number of hydrogen-bond acceptors (Lipinski definition) is 4. The molecular weight excluding hydrogens is 482 g/mol. The first kappa shape index (κ1) is 22.8. The number of rotatable bonds is 0. The molecule has 0 unspecified atom stereocenters. The van der Waals surface area contributed by atoms with Crippen LogP contribution in [0.5, 0.6) is 11.5 Å². The molecule has 1 heterocycles. The van der Waals surface area contributed by atoms with Crippen molar-refractivity contribution in [1.29, 1.82) is 5.26 Å². The van der Waals surface area contributed by atoms with Crippen LogP contribution in [0.4, 0.5) is 0 Å². The Morgan fingerprint density at radius 3 is 2.33 bits per heavy atom. The second kappa shape index (κ2) is 12.2. The summed E-state index contributed by atoms with van der Waals surface area (Å²) in [7, 11) is 0. The van der Waals surface area contributed by atoms with Crippen LogP contribution in [0, 0.1) is 11.3 Å². The molecule has 128 valence electrons. The topological polar surface area (TPSA) is 70.3 Å². The number of carbonyl (C=O) groups excluding carboxylic acids is 1. The Bertz CT molecular complexity index is 705. The van der Waals surface area contributed by atoms with E-state index < -0.39 is 0 Å². The number of phenols is 1. The molecule has 2 aromatic rings. The maximum Gasteiger partial charge on any atom is 0.203 e. The Balaban J connectivity index is 0.000000362. The van der Waals surface area contributed by atoms with Gasteiger partial charge in [-0.1, -0.05) is 37.9 Å². The van der Waals surface area contributed by atoms with E-state index in [-0.39, 0.29) is 31.8 Å². The smallest absolute Gasteiger partial charge is 0.203 e. The third kappa shape index (κ3) is 8.06. The largest absolute Gasteiger partial charge is 0.508 e. The van der Waals surface area contributed by atoms with E-state index in [1.165, 1.54) is 0 Å². The van der Waals surface area contributed by atoms with Crippen molar-refractivity contribution in [1.82, 2.24) is 0 Å². The maximum atomic E-state index is 11.0. The number of nitrogens with zero attached hydrogens (tertiary/aromatic N) is 1. The molecule has 0 amide bonds. The number of alkyl halides is 1. The molecule has 0 fully saturated rings. The van der Waals surface area contributed by atoms with Gasteiger partial charge in [0.15, 0.2) is 6.61 Å². The van der Waals surface area contributed by atoms with Gasteiger partial charge in [-0.25, -0.2) is 0 Å². The lowest BCUT2D eigenvalue weighted by atomic mass is 10.2. The minimum atomic E-state index is 0. The number of hydrogen-bond donors (Lipinski definition) is 1. The summed E-state index contributed by atoms with van der Waals surface area (Å²) in [5.74, 6) is 1.14. The van der Waals surface area contributed by atoms with Crippen molar-refractivity contribution in [2.45, 2.75) is 0 Å². The zero-order valence-electron chi connectivity index (χ0n) is 12.3. The van der Waals surface area contributed by atoms with Gasteiger partial charge in [-0.2, -0.15) is 18.8 Å². The molecule has 0 bridgehead atoms. The van der Waals surface area contributed by atoms with E-state index in [1.54, 1.807) is 36.4 Å². The molecule has 1 N–H and O–H groups in total. The van der Waals surface area contributed by atoms with Gasteiger partial charge >= 0.3 is 0 Å². The van der Waals surface area contributed by atoms with E-state index in [2.05, 4.69) is 31.9 Å². The van der Waals surface area contributed by atoms with Crippen LogP contribution in [0.2, 0.25) is 0 Å². The van der Waals surface area contributed by atoms with Crippen LogP contribution in [-0.2, 0) is 0 Å². The first-order chi connectivity index (χ1) is 11.0. The number of fused-ring (bicyclic) bond motifs is 1. The van der Waals surface area contributed by atoms with Crippen molar-refractivity contribution in [2.75, 3.05) is 12.5 Å². The molecule has 24 heavy (non-hydrogen) atoms. The molecule has 0 saturated heterocycles. The summed E-state index contributed by atoms with van der Waals surface area (Å²) in [6.07, 6.45) is 0. The zero-order valence-corrected chi connectivity index (χ0v) is 17.2. The van der Waals surface area contributed by atoms with Gasteiger partial charge in [-0.15, -0.1) is 11.6 Å². The number of ketones is 1. The van der Waals surface area contributed by atoms with Gasteiger partial charge in [-0.05, 0) is 36.4 Å². The highest BCUT2D eigenvalue weighted by Crippen LogP contribution is 2.28. The summed E-state index contributed by atoms with van der Waals surface area (Å²) >= 11 is 11.3. The number of phenolic OH excluding ortho intramolecular Hbond substituents is 1.